The van der Waals surface area contributed by atoms with Crippen LogP contribution in [0.3, 0.4) is 0 Å². The zero-order valence-electron chi connectivity index (χ0n) is 11.8. The van der Waals surface area contributed by atoms with Crippen molar-refractivity contribution < 1.29 is 8.42 Å². The molecule has 0 spiro atoms. The van der Waals surface area contributed by atoms with Crippen molar-refractivity contribution in [2.45, 2.75) is 18.5 Å². The fourth-order valence-electron chi connectivity index (χ4n) is 2.11. The van der Waals surface area contributed by atoms with E-state index in [1.54, 1.807) is 0 Å². The number of nitrogens with zero attached hydrogens (tertiary/aromatic N) is 3. The van der Waals surface area contributed by atoms with Crippen LogP contribution in [0.25, 0.3) is 0 Å². The number of aromatic nitrogens is 2. The molecule has 0 bridgehead atoms. The summed E-state index contributed by atoms with van der Waals surface area (Å²) in [6.07, 6.45) is 2.58. The highest BCUT2D eigenvalue weighted by atomic mass is 32.2. The van der Waals surface area contributed by atoms with E-state index in [0.717, 1.165) is 24.7 Å². The van der Waals surface area contributed by atoms with E-state index in [1.165, 1.54) is 11.8 Å². The van der Waals surface area contributed by atoms with Gasteiger partial charge in [-0.15, -0.1) is 0 Å². The summed E-state index contributed by atoms with van der Waals surface area (Å²) in [5.74, 6) is 2.05. The molecule has 0 aliphatic carbocycles. The fraction of sp³-hybridized carbons (Fsp3) is 0.667. The Kier molecular flexibility index (Phi) is 5.09. The molecule has 2 heterocycles. The van der Waals surface area contributed by atoms with Gasteiger partial charge in [-0.2, -0.15) is 0 Å². The number of thioether (sulfide) groups is 1. The third-order valence-corrected chi connectivity index (χ3v) is 5.38. The van der Waals surface area contributed by atoms with Crippen LogP contribution in [0.5, 0.6) is 0 Å². The summed E-state index contributed by atoms with van der Waals surface area (Å²) in [4.78, 5) is 10.9. The zero-order chi connectivity index (χ0) is 14.6. The van der Waals surface area contributed by atoms with Crippen molar-refractivity contribution in [2.24, 2.45) is 0 Å². The molecule has 0 saturated carbocycles. The number of nitrogens with one attached hydrogen (secondary N) is 1. The Bertz CT molecular complexity index is 563. The highest BCUT2D eigenvalue weighted by molar-refractivity contribution is 7.98. The summed E-state index contributed by atoms with van der Waals surface area (Å²) in [6, 6.07) is 1.89. The Morgan fingerprint density at radius 2 is 2.15 bits per heavy atom. The van der Waals surface area contributed by atoms with Crippen molar-refractivity contribution in [3.63, 3.8) is 0 Å². The predicted octanol–water partition coefficient (Wildman–Crippen LogP) is 1.26. The molecule has 20 heavy (non-hydrogen) atoms. The Morgan fingerprint density at radius 1 is 1.35 bits per heavy atom. The summed E-state index contributed by atoms with van der Waals surface area (Å²) in [6.45, 7) is 4.02. The molecule has 1 aromatic rings. The quantitative estimate of drug-likeness (QED) is 0.662. The number of hydrogen-bond acceptors (Lipinski definition) is 7. The van der Waals surface area contributed by atoms with Gasteiger partial charge in [-0.1, -0.05) is 11.8 Å². The Labute approximate surface area is 124 Å². The van der Waals surface area contributed by atoms with E-state index in [4.69, 9.17) is 0 Å². The van der Waals surface area contributed by atoms with Crippen LogP contribution in [0, 0.1) is 0 Å². The highest BCUT2D eigenvalue weighted by Crippen LogP contribution is 2.21. The van der Waals surface area contributed by atoms with Crippen LogP contribution in [0.15, 0.2) is 11.2 Å². The van der Waals surface area contributed by atoms with E-state index in [0.29, 0.717) is 18.1 Å². The molecule has 1 aromatic heterocycles. The van der Waals surface area contributed by atoms with Crippen LogP contribution in [0.4, 0.5) is 11.6 Å². The molecule has 112 valence electrons. The van der Waals surface area contributed by atoms with Gasteiger partial charge >= 0.3 is 0 Å². The van der Waals surface area contributed by atoms with Crippen LogP contribution < -0.4 is 10.2 Å². The standard InChI is InChI=1S/C12H20N4O2S2/c1-3-13-10-9-11(15-12(14-10)19-2)16-5-4-7-20(17,18)8-6-16/h9H,3-8H2,1-2H3,(H,13,14,15). The maximum Gasteiger partial charge on any atom is 0.191 e. The minimum absolute atomic E-state index is 0.197. The van der Waals surface area contributed by atoms with Gasteiger partial charge in [0.15, 0.2) is 15.0 Å². The van der Waals surface area contributed by atoms with E-state index in [1.807, 2.05) is 24.1 Å². The number of hydrogen-bond donors (Lipinski definition) is 1. The first kappa shape index (κ1) is 15.4. The molecule has 0 radical (unpaired) electrons. The number of anilines is 2. The molecular weight excluding hydrogens is 296 g/mol. The molecule has 1 aliphatic rings. The average Bonchev–Trinajstić information content (AvgIpc) is 2.59. The molecule has 6 nitrogen and oxygen atoms in total. The van der Waals surface area contributed by atoms with Crippen LogP contribution in [0.1, 0.15) is 13.3 Å². The monoisotopic (exact) mass is 316 g/mol. The van der Waals surface area contributed by atoms with Gasteiger partial charge in [0.2, 0.25) is 0 Å². The lowest BCUT2D eigenvalue weighted by Crippen LogP contribution is -2.28. The zero-order valence-corrected chi connectivity index (χ0v) is 13.4. The molecule has 0 aromatic carbocycles. The van der Waals surface area contributed by atoms with Crippen LogP contribution >= 0.6 is 11.8 Å². The summed E-state index contributed by atoms with van der Waals surface area (Å²) >= 11 is 1.48. The van der Waals surface area contributed by atoms with Gasteiger partial charge in [0.1, 0.15) is 11.6 Å². The predicted molar refractivity (Wildman–Crippen MR) is 83.5 cm³/mol. The van der Waals surface area contributed by atoms with Crippen molar-refractivity contribution in [1.82, 2.24) is 9.97 Å². The summed E-state index contributed by atoms with van der Waals surface area (Å²) in [7, 11) is -2.90. The van der Waals surface area contributed by atoms with Crippen molar-refractivity contribution in [2.75, 3.05) is 47.6 Å². The van der Waals surface area contributed by atoms with E-state index in [-0.39, 0.29) is 11.5 Å². The second kappa shape index (κ2) is 6.62. The van der Waals surface area contributed by atoms with E-state index >= 15 is 0 Å². The lowest BCUT2D eigenvalue weighted by molar-refractivity contribution is 0.597. The van der Waals surface area contributed by atoms with Gasteiger partial charge in [0.25, 0.3) is 0 Å². The van der Waals surface area contributed by atoms with Gasteiger partial charge < -0.3 is 10.2 Å². The van der Waals surface area contributed by atoms with Crippen molar-refractivity contribution in [3.8, 4) is 0 Å². The molecule has 8 heteroatoms. The first-order chi connectivity index (χ1) is 9.54. The maximum absolute atomic E-state index is 11.7. The average molecular weight is 316 g/mol. The van der Waals surface area contributed by atoms with Gasteiger partial charge in [-0.05, 0) is 19.6 Å². The molecule has 1 fully saturated rings. The fourth-order valence-corrected chi connectivity index (χ4v) is 3.75. The Hall–Kier alpha value is -1.02. The van der Waals surface area contributed by atoms with Gasteiger partial charge in [0, 0.05) is 25.7 Å². The number of rotatable bonds is 4. The topological polar surface area (TPSA) is 75.2 Å². The summed E-state index contributed by atoms with van der Waals surface area (Å²) in [5.41, 5.74) is 0. The maximum atomic E-state index is 11.7. The van der Waals surface area contributed by atoms with Crippen molar-refractivity contribution >= 4 is 33.2 Å². The molecule has 2 rings (SSSR count). The van der Waals surface area contributed by atoms with E-state index in [9.17, 15) is 8.42 Å². The second-order valence-electron chi connectivity index (χ2n) is 4.62. The molecular formula is C12H20N4O2S2. The van der Waals surface area contributed by atoms with E-state index in [2.05, 4.69) is 15.3 Å². The smallest absolute Gasteiger partial charge is 0.191 e. The molecule has 0 unspecified atom stereocenters. The first-order valence-corrected chi connectivity index (χ1v) is 9.71. The van der Waals surface area contributed by atoms with Gasteiger partial charge in [0.05, 0.1) is 11.5 Å². The van der Waals surface area contributed by atoms with Crippen LogP contribution in [-0.2, 0) is 9.84 Å². The molecule has 0 atom stereocenters. The summed E-state index contributed by atoms with van der Waals surface area (Å²) in [5, 5.41) is 3.88. The highest BCUT2D eigenvalue weighted by Gasteiger charge is 2.20. The van der Waals surface area contributed by atoms with Crippen LogP contribution in [0.2, 0.25) is 0 Å². The molecule has 1 aliphatic heterocycles. The lowest BCUT2D eigenvalue weighted by Gasteiger charge is -2.21. The van der Waals surface area contributed by atoms with Crippen LogP contribution in [-0.4, -0.2) is 55.8 Å². The normalized spacial score (nSPS) is 18.6. The van der Waals surface area contributed by atoms with Crippen molar-refractivity contribution in [3.05, 3.63) is 6.07 Å². The largest absolute Gasteiger partial charge is 0.370 e. The Morgan fingerprint density at radius 3 is 2.85 bits per heavy atom. The van der Waals surface area contributed by atoms with Gasteiger partial charge in [-0.3, -0.25) is 0 Å². The SMILES string of the molecule is CCNc1cc(N2CCCS(=O)(=O)CC2)nc(SC)n1. The minimum Gasteiger partial charge on any atom is -0.370 e. The van der Waals surface area contributed by atoms with Gasteiger partial charge in [-0.25, -0.2) is 18.4 Å². The third kappa shape index (κ3) is 3.99. The number of sulfone groups is 1. The lowest BCUT2D eigenvalue weighted by atomic mass is 10.4. The molecule has 1 saturated heterocycles. The Balaban J connectivity index is 2.24. The third-order valence-electron chi connectivity index (χ3n) is 3.11. The molecule has 1 N–H and O–H groups in total. The molecule has 0 amide bonds. The minimum atomic E-state index is -2.90. The van der Waals surface area contributed by atoms with E-state index < -0.39 is 9.84 Å². The first-order valence-electron chi connectivity index (χ1n) is 6.66. The summed E-state index contributed by atoms with van der Waals surface area (Å²) < 4.78 is 23.3. The van der Waals surface area contributed by atoms with Crippen molar-refractivity contribution in [1.29, 1.82) is 0 Å². The second-order valence-corrected chi connectivity index (χ2v) is 7.70.